The van der Waals surface area contributed by atoms with Crippen LogP contribution in [0.4, 0.5) is 5.69 Å². The van der Waals surface area contributed by atoms with E-state index in [1.165, 1.54) is 11.0 Å². The highest BCUT2D eigenvalue weighted by atomic mass is 16.4. The zero-order valence-corrected chi connectivity index (χ0v) is 10.2. The molecule has 0 fully saturated rings. The summed E-state index contributed by atoms with van der Waals surface area (Å²) in [6, 6.07) is 7.99. The van der Waals surface area contributed by atoms with E-state index in [9.17, 15) is 14.4 Å². The molecule has 1 aromatic heterocycles. The fourth-order valence-electron chi connectivity index (χ4n) is 2.14. The van der Waals surface area contributed by atoms with Gasteiger partial charge in [-0.3, -0.25) is 14.5 Å². The number of Topliss-reactive ketones (excluding diaryl/α,β-unsaturated/α-hetero) is 1. The zero-order valence-electron chi connectivity index (χ0n) is 10.2. The van der Waals surface area contributed by atoms with Crippen LogP contribution in [0.2, 0.25) is 0 Å². The number of ketones is 1. The van der Waals surface area contributed by atoms with Crippen LogP contribution in [0.1, 0.15) is 26.5 Å². The molecular formula is C14H9NO5. The van der Waals surface area contributed by atoms with E-state index in [0.29, 0.717) is 17.0 Å². The molecule has 0 radical (unpaired) electrons. The highest BCUT2D eigenvalue weighted by molar-refractivity contribution is 6.52. The Hall–Kier alpha value is -2.89. The number of carbonyl (C=O) groups excluding carboxylic acids is 2. The van der Waals surface area contributed by atoms with Gasteiger partial charge in [-0.25, -0.2) is 4.79 Å². The minimum absolute atomic E-state index is 0.00579. The Kier molecular flexibility index (Phi) is 2.64. The highest BCUT2D eigenvalue weighted by Gasteiger charge is 2.35. The molecule has 3 rings (SSSR count). The number of carboxylic acids is 1. The number of anilines is 1. The Balaban J connectivity index is 1.92. The summed E-state index contributed by atoms with van der Waals surface area (Å²) in [6.45, 7) is 0.0227. The summed E-state index contributed by atoms with van der Waals surface area (Å²) in [7, 11) is 0. The molecule has 1 aromatic carbocycles. The standard InChI is InChI=1S/C14H9NO5/c16-12-10-3-1-2-4-11(10)15(13(12)17)6-9-5-8(7-20-9)14(18)19/h1-5,7H,6H2,(H,18,19). The van der Waals surface area contributed by atoms with Crippen molar-refractivity contribution in [2.45, 2.75) is 6.54 Å². The van der Waals surface area contributed by atoms with Crippen molar-refractivity contribution in [1.82, 2.24) is 0 Å². The predicted octanol–water partition coefficient (Wildman–Crippen LogP) is 1.71. The fourth-order valence-corrected chi connectivity index (χ4v) is 2.14. The van der Waals surface area contributed by atoms with Crippen LogP contribution in [-0.4, -0.2) is 22.8 Å². The van der Waals surface area contributed by atoms with Crippen molar-refractivity contribution in [2.24, 2.45) is 0 Å². The van der Waals surface area contributed by atoms with Crippen molar-refractivity contribution in [1.29, 1.82) is 0 Å². The molecule has 0 atom stereocenters. The lowest BCUT2D eigenvalue weighted by atomic mass is 10.1. The van der Waals surface area contributed by atoms with Gasteiger partial charge in [0, 0.05) is 0 Å². The number of carbonyl (C=O) groups is 3. The Labute approximate surface area is 113 Å². The van der Waals surface area contributed by atoms with Gasteiger partial charge in [-0.1, -0.05) is 12.1 Å². The predicted molar refractivity (Wildman–Crippen MR) is 67.6 cm³/mol. The Bertz CT molecular complexity index is 731. The first-order valence-corrected chi connectivity index (χ1v) is 5.84. The Morgan fingerprint density at radius 1 is 1.25 bits per heavy atom. The van der Waals surface area contributed by atoms with Crippen molar-refractivity contribution < 1.29 is 23.9 Å². The molecule has 20 heavy (non-hydrogen) atoms. The lowest BCUT2D eigenvalue weighted by molar-refractivity contribution is -0.114. The summed E-state index contributed by atoms with van der Waals surface area (Å²) in [5.41, 5.74) is 0.865. The molecule has 2 heterocycles. The largest absolute Gasteiger partial charge is 0.478 e. The lowest BCUT2D eigenvalue weighted by Gasteiger charge is -2.14. The molecule has 0 saturated heterocycles. The second-order valence-corrected chi connectivity index (χ2v) is 4.34. The first-order valence-electron chi connectivity index (χ1n) is 5.84. The van der Waals surface area contributed by atoms with Crippen LogP contribution in [0.5, 0.6) is 0 Å². The van der Waals surface area contributed by atoms with E-state index in [4.69, 9.17) is 9.52 Å². The van der Waals surface area contributed by atoms with E-state index in [1.54, 1.807) is 24.3 Å². The number of rotatable bonds is 3. The van der Waals surface area contributed by atoms with Gasteiger partial charge in [0.25, 0.3) is 11.7 Å². The summed E-state index contributed by atoms with van der Waals surface area (Å²) in [4.78, 5) is 35.8. The van der Waals surface area contributed by atoms with Gasteiger partial charge in [0.05, 0.1) is 23.4 Å². The van der Waals surface area contributed by atoms with Crippen molar-refractivity contribution in [3.05, 3.63) is 53.5 Å². The second-order valence-electron chi connectivity index (χ2n) is 4.34. The van der Waals surface area contributed by atoms with Crippen LogP contribution in [-0.2, 0) is 11.3 Å². The number of nitrogens with zero attached hydrogens (tertiary/aromatic N) is 1. The van der Waals surface area contributed by atoms with Gasteiger partial charge in [0.1, 0.15) is 12.0 Å². The summed E-state index contributed by atoms with van der Waals surface area (Å²) < 4.78 is 5.10. The average Bonchev–Trinajstić information content (AvgIpc) is 3.00. The van der Waals surface area contributed by atoms with Gasteiger partial charge in [-0.15, -0.1) is 0 Å². The number of hydrogen-bond acceptors (Lipinski definition) is 4. The summed E-state index contributed by atoms with van der Waals surface area (Å²) in [5.74, 6) is -2.01. The van der Waals surface area contributed by atoms with E-state index in [0.717, 1.165) is 6.26 Å². The van der Waals surface area contributed by atoms with Gasteiger partial charge < -0.3 is 9.52 Å². The van der Waals surface area contributed by atoms with E-state index in [-0.39, 0.29) is 12.1 Å². The zero-order chi connectivity index (χ0) is 14.3. The third kappa shape index (κ3) is 1.78. The van der Waals surface area contributed by atoms with Crippen LogP contribution in [0.25, 0.3) is 0 Å². The monoisotopic (exact) mass is 271 g/mol. The Morgan fingerprint density at radius 2 is 2.00 bits per heavy atom. The van der Waals surface area contributed by atoms with Gasteiger partial charge >= 0.3 is 5.97 Å². The van der Waals surface area contributed by atoms with Crippen molar-refractivity contribution >= 4 is 23.3 Å². The summed E-state index contributed by atoms with van der Waals surface area (Å²) in [5, 5.41) is 8.82. The normalized spacial score (nSPS) is 13.7. The SMILES string of the molecule is O=C(O)c1coc(CN2C(=O)C(=O)c3ccccc32)c1. The molecule has 1 aliphatic rings. The van der Waals surface area contributed by atoms with Crippen LogP contribution >= 0.6 is 0 Å². The maximum Gasteiger partial charge on any atom is 0.338 e. The molecule has 100 valence electrons. The smallest absolute Gasteiger partial charge is 0.338 e. The molecule has 0 saturated carbocycles. The average molecular weight is 271 g/mol. The number of benzene rings is 1. The molecule has 1 N–H and O–H groups in total. The Morgan fingerprint density at radius 3 is 2.70 bits per heavy atom. The van der Waals surface area contributed by atoms with Crippen LogP contribution in [0, 0.1) is 0 Å². The van der Waals surface area contributed by atoms with Gasteiger partial charge in [-0.2, -0.15) is 0 Å². The van der Waals surface area contributed by atoms with Gasteiger partial charge in [0.2, 0.25) is 0 Å². The third-order valence-electron chi connectivity index (χ3n) is 3.09. The highest BCUT2D eigenvalue weighted by Crippen LogP contribution is 2.30. The van der Waals surface area contributed by atoms with Crippen molar-refractivity contribution in [2.75, 3.05) is 4.90 Å². The number of furan rings is 1. The van der Waals surface area contributed by atoms with Gasteiger partial charge in [-0.05, 0) is 18.2 Å². The van der Waals surface area contributed by atoms with Crippen molar-refractivity contribution in [3.63, 3.8) is 0 Å². The lowest BCUT2D eigenvalue weighted by Crippen LogP contribution is -2.28. The number of fused-ring (bicyclic) bond motifs is 1. The fraction of sp³-hybridized carbons (Fsp3) is 0.0714. The van der Waals surface area contributed by atoms with E-state index in [2.05, 4.69) is 0 Å². The quantitative estimate of drug-likeness (QED) is 0.858. The number of amides is 1. The number of carboxylic acid groups (broad SMARTS) is 1. The molecule has 6 heteroatoms. The van der Waals surface area contributed by atoms with E-state index >= 15 is 0 Å². The first-order chi connectivity index (χ1) is 9.58. The number of hydrogen-bond donors (Lipinski definition) is 1. The second kappa shape index (κ2) is 4.34. The summed E-state index contributed by atoms with van der Waals surface area (Å²) in [6.07, 6.45) is 1.10. The molecule has 0 bridgehead atoms. The molecule has 2 aromatic rings. The molecule has 0 unspecified atom stereocenters. The minimum atomic E-state index is -1.11. The molecule has 0 spiro atoms. The van der Waals surface area contributed by atoms with Gasteiger partial charge in [0.15, 0.2) is 0 Å². The topological polar surface area (TPSA) is 87.8 Å². The molecule has 6 nitrogen and oxygen atoms in total. The maximum atomic E-state index is 11.9. The van der Waals surface area contributed by atoms with E-state index in [1.807, 2.05) is 0 Å². The molecule has 0 aliphatic carbocycles. The summed E-state index contributed by atoms with van der Waals surface area (Å²) >= 11 is 0. The van der Waals surface area contributed by atoms with E-state index < -0.39 is 17.7 Å². The van der Waals surface area contributed by atoms with Crippen LogP contribution in [0.3, 0.4) is 0 Å². The molecule has 1 aliphatic heterocycles. The number of aromatic carboxylic acids is 1. The van der Waals surface area contributed by atoms with Crippen LogP contribution < -0.4 is 4.90 Å². The van der Waals surface area contributed by atoms with Crippen LogP contribution in [0.15, 0.2) is 41.0 Å². The minimum Gasteiger partial charge on any atom is -0.478 e. The first kappa shape index (κ1) is 12.2. The maximum absolute atomic E-state index is 11.9. The molecular weight excluding hydrogens is 262 g/mol. The third-order valence-corrected chi connectivity index (χ3v) is 3.09. The van der Waals surface area contributed by atoms with Crippen molar-refractivity contribution in [3.8, 4) is 0 Å². The number of para-hydroxylation sites is 1. The molecule has 1 amide bonds.